The Bertz CT molecular complexity index is 511. The second-order valence-electron chi connectivity index (χ2n) is 5.74. The van der Waals surface area contributed by atoms with Gasteiger partial charge in [0.15, 0.2) is 0 Å². The highest BCUT2D eigenvalue weighted by atomic mass is 35.5. The van der Waals surface area contributed by atoms with E-state index >= 15 is 0 Å². The summed E-state index contributed by atoms with van der Waals surface area (Å²) in [5, 5.41) is -0.108. The van der Waals surface area contributed by atoms with Crippen LogP contribution in [0.3, 0.4) is 0 Å². The van der Waals surface area contributed by atoms with Crippen LogP contribution in [0.25, 0.3) is 0 Å². The number of urea groups is 1. The van der Waals surface area contributed by atoms with E-state index in [2.05, 4.69) is 39.5 Å². The van der Waals surface area contributed by atoms with Crippen LogP contribution in [0.15, 0.2) is 12.3 Å². The van der Waals surface area contributed by atoms with Crippen molar-refractivity contribution in [1.82, 2.24) is 14.9 Å². The number of hydrogen-bond acceptors (Lipinski definition) is 3. The largest absolute Gasteiger partial charge is 0.336 e. The molecule has 0 bridgehead atoms. The van der Waals surface area contributed by atoms with Gasteiger partial charge < -0.3 is 4.90 Å². The number of nitrogens with zero attached hydrogens (tertiary/aromatic N) is 4. The van der Waals surface area contributed by atoms with Gasteiger partial charge in [0, 0.05) is 18.6 Å². The summed E-state index contributed by atoms with van der Waals surface area (Å²) >= 11 is 5.83. The van der Waals surface area contributed by atoms with Crippen molar-refractivity contribution in [3.63, 3.8) is 0 Å². The van der Waals surface area contributed by atoms with Gasteiger partial charge in [-0.1, -0.05) is 13.8 Å². The molecule has 100 valence electrons. The number of rotatable bonds is 2. The molecule has 1 unspecified atom stereocenters. The van der Waals surface area contributed by atoms with Crippen LogP contribution in [0.2, 0.25) is 5.28 Å². The summed E-state index contributed by atoms with van der Waals surface area (Å²) in [5.41, 5.74) is 0. The summed E-state index contributed by atoms with van der Waals surface area (Å²) in [6.45, 7) is 4.21. The van der Waals surface area contributed by atoms with E-state index in [0.717, 1.165) is 0 Å². The maximum absolute atomic E-state index is 12.5. The molecule has 5 nitrogen and oxygen atoms in total. The second-order valence-corrected chi connectivity index (χ2v) is 6.08. The predicted molar refractivity (Wildman–Crippen MR) is 81.1 cm³/mol. The topological polar surface area (TPSA) is 49.3 Å². The van der Waals surface area contributed by atoms with Crippen LogP contribution in [0.1, 0.15) is 13.8 Å². The fourth-order valence-corrected chi connectivity index (χ4v) is 3.00. The third kappa shape index (κ3) is 2.20. The Balaban J connectivity index is 2.51. The highest BCUT2D eigenvalue weighted by molar-refractivity contribution is 6.43. The van der Waals surface area contributed by atoms with Crippen LogP contribution < -0.4 is 4.90 Å². The van der Waals surface area contributed by atoms with Crippen LogP contribution in [-0.2, 0) is 0 Å². The van der Waals surface area contributed by atoms with Gasteiger partial charge in [-0.15, -0.1) is 0 Å². The first-order chi connectivity index (χ1) is 8.76. The third-order valence-electron chi connectivity index (χ3n) is 3.85. The van der Waals surface area contributed by atoms with Crippen molar-refractivity contribution in [2.75, 3.05) is 11.9 Å². The minimum absolute atomic E-state index is 0.0379. The van der Waals surface area contributed by atoms with Gasteiger partial charge in [0.05, 0.1) is 6.04 Å². The number of carbonyl (C=O) groups excluding carboxylic acids is 1. The van der Waals surface area contributed by atoms with Gasteiger partial charge in [0.1, 0.15) is 21.5 Å². The van der Waals surface area contributed by atoms with E-state index in [1.54, 1.807) is 22.1 Å². The minimum Gasteiger partial charge on any atom is -0.336 e. The van der Waals surface area contributed by atoms with E-state index in [1.807, 2.05) is 7.05 Å². The zero-order valence-corrected chi connectivity index (χ0v) is 12.6. The average Bonchev–Trinajstić information content (AvgIpc) is 2.49. The van der Waals surface area contributed by atoms with Gasteiger partial charge in [-0.05, 0) is 23.6 Å². The van der Waals surface area contributed by atoms with Crippen molar-refractivity contribution in [2.45, 2.75) is 25.2 Å². The van der Waals surface area contributed by atoms with Gasteiger partial charge in [-0.2, -0.15) is 0 Å². The molecule has 1 saturated heterocycles. The van der Waals surface area contributed by atoms with Crippen LogP contribution in [0.5, 0.6) is 0 Å². The zero-order valence-electron chi connectivity index (χ0n) is 11.9. The Morgan fingerprint density at radius 2 is 2.11 bits per heavy atom. The van der Waals surface area contributed by atoms with Crippen molar-refractivity contribution >= 4 is 39.1 Å². The van der Waals surface area contributed by atoms with Crippen molar-refractivity contribution in [1.29, 1.82) is 0 Å². The lowest BCUT2D eigenvalue weighted by atomic mass is 9.55. The summed E-state index contributed by atoms with van der Waals surface area (Å²) in [7, 11) is 5.96. The Labute approximate surface area is 120 Å². The van der Waals surface area contributed by atoms with Crippen molar-refractivity contribution in [3.8, 4) is 0 Å². The molecule has 1 atom stereocenters. The lowest BCUT2D eigenvalue weighted by Crippen LogP contribution is -2.54. The molecule has 2 heterocycles. The van der Waals surface area contributed by atoms with Crippen LogP contribution in [-0.4, -0.2) is 55.0 Å². The molecular weight excluding hydrogens is 261 g/mol. The molecule has 1 aromatic heterocycles. The van der Waals surface area contributed by atoms with Gasteiger partial charge >= 0.3 is 6.03 Å². The van der Waals surface area contributed by atoms with Crippen LogP contribution in [0.4, 0.5) is 10.6 Å². The molecule has 2 rings (SSSR count). The molecule has 0 aromatic carbocycles. The highest BCUT2D eigenvalue weighted by Crippen LogP contribution is 2.34. The Hall–Kier alpha value is -1.23. The molecular formula is C11H17B2ClN4O. The summed E-state index contributed by atoms with van der Waals surface area (Å²) in [6, 6.07) is 1.70. The molecule has 0 saturated carbocycles. The number of amides is 2. The molecule has 0 radical (unpaired) electrons. The van der Waals surface area contributed by atoms with Gasteiger partial charge in [0.2, 0.25) is 5.28 Å². The summed E-state index contributed by atoms with van der Waals surface area (Å²) in [6.07, 6.45) is 1.57. The lowest BCUT2D eigenvalue weighted by molar-refractivity contribution is 0.221. The van der Waals surface area contributed by atoms with Crippen molar-refractivity contribution in [2.24, 2.45) is 5.92 Å². The Morgan fingerprint density at radius 3 is 2.63 bits per heavy atom. The Morgan fingerprint density at radius 1 is 1.47 bits per heavy atom. The molecule has 0 aliphatic carbocycles. The maximum atomic E-state index is 12.5. The van der Waals surface area contributed by atoms with Gasteiger partial charge in [-0.3, -0.25) is 4.90 Å². The third-order valence-corrected chi connectivity index (χ3v) is 4.03. The minimum atomic E-state index is -0.261. The van der Waals surface area contributed by atoms with E-state index in [4.69, 9.17) is 11.6 Å². The first kappa shape index (κ1) is 14.2. The summed E-state index contributed by atoms with van der Waals surface area (Å²) < 4.78 is 0. The van der Waals surface area contributed by atoms with E-state index in [0.29, 0.717) is 11.7 Å². The van der Waals surface area contributed by atoms with Crippen LogP contribution >= 0.6 is 11.6 Å². The quantitative estimate of drug-likeness (QED) is 0.563. The molecule has 1 fully saturated rings. The zero-order chi connectivity index (χ0) is 14.4. The second kappa shape index (κ2) is 4.71. The van der Waals surface area contributed by atoms with Crippen molar-refractivity contribution in [3.05, 3.63) is 17.5 Å². The number of halogens is 1. The van der Waals surface area contributed by atoms with Gasteiger partial charge in [0.25, 0.3) is 0 Å². The number of carbonyl (C=O) groups is 1. The summed E-state index contributed by atoms with van der Waals surface area (Å²) in [5.74, 6) is 0.860. The Kier molecular flexibility index (Phi) is 3.51. The molecule has 0 spiro atoms. The highest BCUT2D eigenvalue weighted by Gasteiger charge is 2.51. The molecule has 1 aliphatic rings. The average molecular weight is 278 g/mol. The van der Waals surface area contributed by atoms with E-state index < -0.39 is 0 Å². The lowest BCUT2D eigenvalue weighted by Gasteiger charge is -2.36. The fraction of sp³-hybridized carbons (Fsp3) is 0.545. The summed E-state index contributed by atoms with van der Waals surface area (Å²) in [4.78, 5) is 24.0. The maximum Gasteiger partial charge on any atom is 0.324 e. The normalized spacial score (nSPS) is 22.4. The van der Waals surface area contributed by atoms with Crippen molar-refractivity contribution < 1.29 is 4.79 Å². The van der Waals surface area contributed by atoms with E-state index in [9.17, 15) is 4.79 Å². The molecule has 2 amide bonds. The standard InChI is InChI=1S/C11H17B2ClN4O/c1-6(2)8-11(12,13)17(3)10(19)18(8)7-4-5-15-9(14)16-7/h4-6,8H,12-13H2,1-3H3. The predicted octanol–water partition coefficient (Wildman–Crippen LogP) is -0.0536. The number of likely N-dealkylation sites (N-methyl/N-ethyl adjacent to an activating group) is 1. The first-order valence-corrected chi connectivity index (χ1v) is 6.70. The number of hydrogen-bond donors (Lipinski definition) is 0. The molecule has 19 heavy (non-hydrogen) atoms. The molecule has 1 aromatic rings. The number of aromatic nitrogens is 2. The molecule has 1 aliphatic heterocycles. The molecule has 0 N–H and O–H groups in total. The monoisotopic (exact) mass is 278 g/mol. The van der Waals surface area contributed by atoms with E-state index in [-0.39, 0.29) is 22.7 Å². The molecule has 8 heteroatoms. The van der Waals surface area contributed by atoms with Gasteiger partial charge in [-0.25, -0.2) is 14.8 Å². The fourth-order valence-electron chi connectivity index (χ4n) is 2.86. The van der Waals surface area contributed by atoms with Crippen LogP contribution in [0, 0.1) is 5.92 Å². The first-order valence-electron chi connectivity index (χ1n) is 6.32. The SMILES string of the molecule is BC1(B)C(C(C)C)N(c2ccnc(Cl)n2)C(=O)N1C. The smallest absolute Gasteiger partial charge is 0.324 e. The van der Waals surface area contributed by atoms with E-state index in [1.165, 1.54) is 0 Å². The number of anilines is 1.